The zero-order valence-electron chi connectivity index (χ0n) is 19.9. The fourth-order valence-electron chi connectivity index (χ4n) is 3.79. The summed E-state index contributed by atoms with van der Waals surface area (Å²) in [4.78, 5) is 0. The third kappa shape index (κ3) is 10.8. The molecule has 1 rings (SSSR count). The lowest BCUT2D eigenvalue weighted by molar-refractivity contribution is 0.354. The van der Waals surface area contributed by atoms with Crippen LogP contribution in [0.4, 0.5) is 0 Å². The number of rotatable bonds is 12. The molecule has 0 aromatic heterocycles. The molecule has 0 heterocycles. The van der Waals surface area contributed by atoms with Crippen LogP contribution >= 0.6 is 0 Å². The smallest absolute Gasteiger partial charge is 0.200 e. The zero-order valence-corrected chi connectivity index (χ0v) is 19.9. The minimum absolute atomic E-state index is 0.147. The highest BCUT2D eigenvalue weighted by Gasteiger charge is 2.16. The van der Waals surface area contributed by atoms with Gasteiger partial charge < -0.3 is 15.3 Å². The van der Waals surface area contributed by atoms with Crippen molar-refractivity contribution in [1.29, 1.82) is 0 Å². The van der Waals surface area contributed by atoms with E-state index in [-0.39, 0.29) is 17.2 Å². The fourth-order valence-corrected chi connectivity index (χ4v) is 3.79. The Morgan fingerprint density at radius 1 is 0.517 bits per heavy atom. The van der Waals surface area contributed by atoms with E-state index in [1.165, 1.54) is 38.5 Å². The molecule has 0 atom stereocenters. The minimum atomic E-state index is -0.349. The van der Waals surface area contributed by atoms with Crippen LogP contribution in [0.3, 0.4) is 0 Å². The molecule has 0 aliphatic heterocycles. The number of benzene rings is 1. The van der Waals surface area contributed by atoms with Crippen molar-refractivity contribution in [2.45, 2.75) is 119 Å². The Morgan fingerprint density at radius 3 is 1.21 bits per heavy atom. The molecule has 3 heteroatoms. The van der Waals surface area contributed by atoms with Gasteiger partial charge in [0.25, 0.3) is 0 Å². The highest BCUT2D eigenvalue weighted by molar-refractivity contribution is 5.57. The summed E-state index contributed by atoms with van der Waals surface area (Å²) in [5, 5.41) is 30.6. The largest absolute Gasteiger partial charge is 0.504 e. The first-order valence-corrected chi connectivity index (χ1v) is 11.7. The topological polar surface area (TPSA) is 60.7 Å². The fraction of sp³-hybridized carbons (Fsp3) is 0.769. The Labute approximate surface area is 179 Å². The second-order valence-electron chi connectivity index (χ2n) is 11.2. The molecule has 0 radical (unpaired) electrons. The first kappa shape index (κ1) is 25.7. The van der Waals surface area contributed by atoms with Gasteiger partial charge in [-0.1, -0.05) is 80.1 Å². The molecule has 1 aromatic carbocycles. The summed E-state index contributed by atoms with van der Waals surface area (Å²) in [5.74, 6) is -0.643. The Bertz CT molecular complexity index is 556. The first-order chi connectivity index (χ1) is 13.4. The third-order valence-electron chi connectivity index (χ3n) is 5.65. The Hall–Kier alpha value is -1.38. The van der Waals surface area contributed by atoms with Crippen LogP contribution in [0.5, 0.6) is 17.2 Å². The minimum Gasteiger partial charge on any atom is -0.504 e. The zero-order chi connectivity index (χ0) is 22.1. The molecule has 0 bridgehead atoms. The third-order valence-corrected chi connectivity index (χ3v) is 5.65. The van der Waals surface area contributed by atoms with Crippen LogP contribution in [0.25, 0.3) is 0 Å². The predicted octanol–water partition coefficient (Wildman–Crippen LogP) is 7.88. The quantitative estimate of drug-likeness (QED) is 0.244. The molecular weight excluding hydrogens is 360 g/mol. The van der Waals surface area contributed by atoms with Crippen molar-refractivity contribution in [1.82, 2.24) is 0 Å². The number of aromatic hydroxyl groups is 3. The van der Waals surface area contributed by atoms with E-state index in [9.17, 15) is 15.3 Å². The molecule has 0 spiro atoms. The summed E-state index contributed by atoms with van der Waals surface area (Å²) in [6.07, 6.45) is 13.1. The maximum absolute atomic E-state index is 10.2. The van der Waals surface area contributed by atoms with E-state index in [4.69, 9.17) is 0 Å². The molecule has 3 nitrogen and oxygen atoms in total. The van der Waals surface area contributed by atoms with E-state index in [1.807, 2.05) is 6.07 Å². The Morgan fingerprint density at radius 2 is 0.862 bits per heavy atom. The number of phenols is 3. The average molecular weight is 407 g/mol. The lowest BCUT2D eigenvalue weighted by Crippen LogP contribution is -2.04. The Kier molecular flexibility index (Phi) is 10.4. The second kappa shape index (κ2) is 11.7. The molecule has 0 amide bonds. The van der Waals surface area contributed by atoms with Gasteiger partial charge >= 0.3 is 0 Å². The Balaban J connectivity index is 2.47. The molecule has 3 N–H and O–H groups in total. The van der Waals surface area contributed by atoms with Gasteiger partial charge in [-0.2, -0.15) is 0 Å². The molecule has 0 saturated heterocycles. The van der Waals surface area contributed by atoms with Crippen molar-refractivity contribution < 1.29 is 15.3 Å². The standard InChI is InChI=1S/C26H46O3/c1-25(2,3)17-13-9-7-11-15-20-19-21(23(28)24(29)22(20)27)16-12-8-10-14-18-26(4,5)6/h19,27-29H,7-18H2,1-6H3. The molecule has 0 saturated carbocycles. The second-order valence-corrected chi connectivity index (χ2v) is 11.2. The summed E-state index contributed by atoms with van der Waals surface area (Å²) in [5.41, 5.74) is 2.31. The highest BCUT2D eigenvalue weighted by Crippen LogP contribution is 2.41. The van der Waals surface area contributed by atoms with Crippen molar-refractivity contribution in [3.8, 4) is 17.2 Å². The number of hydrogen-bond acceptors (Lipinski definition) is 3. The summed E-state index contributed by atoms with van der Waals surface area (Å²) >= 11 is 0. The molecule has 1 aromatic rings. The van der Waals surface area contributed by atoms with Crippen LogP contribution in [0.15, 0.2) is 6.07 Å². The van der Waals surface area contributed by atoms with Gasteiger partial charge in [0.2, 0.25) is 5.75 Å². The maximum atomic E-state index is 10.2. The van der Waals surface area contributed by atoms with Crippen LogP contribution in [-0.2, 0) is 12.8 Å². The van der Waals surface area contributed by atoms with Gasteiger partial charge in [0.05, 0.1) is 0 Å². The van der Waals surface area contributed by atoms with Crippen molar-refractivity contribution in [2.24, 2.45) is 10.8 Å². The molecule has 168 valence electrons. The van der Waals surface area contributed by atoms with Gasteiger partial charge in [0.15, 0.2) is 11.5 Å². The molecule has 0 aliphatic rings. The van der Waals surface area contributed by atoms with Crippen LogP contribution < -0.4 is 0 Å². The van der Waals surface area contributed by atoms with Crippen molar-refractivity contribution in [3.05, 3.63) is 17.2 Å². The SMILES string of the molecule is CC(C)(C)CCCCCCc1cc(CCCCCCC(C)(C)C)c(O)c(O)c1O. The van der Waals surface area contributed by atoms with E-state index < -0.39 is 0 Å². The van der Waals surface area contributed by atoms with Crippen LogP contribution in [0.2, 0.25) is 0 Å². The van der Waals surface area contributed by atoms with E-state index in [0.717, 1.165) is 49.7 Å². The monoisotopic (exact) mass is 406 g/mol. The average Bonchev–Trinajstić information content (AvgIpc) is 2.60. The molecule has 0 fully saturated rings. The summed E-state index contributed by atoms with van der Waals surface area (Å²) < 4.78 is 0. The normalized spacial score (nSPS) is 12.5. The van der Waals surface area contributed by atoms with Crippen molar-refractivity contribution >= 4 is 0 Å². The van der Waals surface area contributed by atoms with Gasteiger partial charge in [-0.25, -0.2) is 0 Å². The molecule has 0 aliphatic carbocycles. The number of unbranched alkanes of at least 4 members (excludes halogenated alkanes) is 6. The first-order valence-electron chi connectivity index (χ1n) is 11.7. The van der Waals surface area contributed by atoms with Crippen molar-refractivity contribution in [2.75, 3.05) is 0 Å². The van der Waals surface area contributed by atoms with E-state index in [2.05, 4.69) is 41.5 Å². The van der Waals surface area contributed by atoms with E-state index in [1.54, 1.807) is 0 Å². The number of aryl methyl sites for hydroxylation is 2. The number of phenolic OH excluding ortho intramolecular Hbond substituents is 3. The van der Waals surface area contributed by atoms with Gasteiger partial charge in [-0.3, -0.25) is 0 Å². The predicted molar refractivity (Wildman–Crippen MR) is 124 cm³/mol. The highest BCUT2D eigenvalue weighted by atomic mass is 16.3. The van der Waals surface area contributed by atoms with Gasteiger partial charge in [-0.15, -0.1) is 0 Å². The lowest BCUT2D eigenvalue weighted by Gasteiger charge is -2.17. The summed E-state index contributed by atoms with van der Waals surface area (Å²) in [6, 6.07) is 1.90. The lowest BCUT2D eigenvalue weighted by atomic mass is 9.89. The maximum Gasteiger partial charge on any atom is 0.200 e. The van der Waals surface area contributed by atoms with Crippen LogP contribution in [0.1, 0.15) is 117 Å². The van der Waals surface area contributed by atoms with Crippen LogP contribution in [-0.4, -0.2) is 15.3 Å². The van der Waals surface area contributed by atoms with Gasteiger partial charge in [0.1, 0.15) is 0 Å². The summed E-state index contributed by atoms with van der Waals surface area (Å²) in [7, 11) is 0. The molecular formula is C26H46O3. The summed E-state index contributed by atoms with van der Waals surface area (Å²) in [6.45, 7) is 13.6. The molecule has 0 unspecified atom stereocenters. The van der Waals surface area contributed by atoms with Gasteiger partial charge in [0, 0.05) is 0 Å². The van der Waals surface area contributed by atoms with E-state index in [0.29, 0.717) is 10.8 Å². The van der Waals surface area contributed by atoms with E-state index >= 15 is 0 Å². The van der Waals surface area contributed by atoms with Crippen LogP contribution in [0, 0.1) is 10.8 Å². The van der Waals surface area contributed by atoms with Gasteiger partial charge in [-0.05, 0) is 66.5 Å². The van der Waals surface area contributed by atoms with Crippen molar-refractivity contribution in [3.63, 3.8) is 0 Å². The number of hydrogen-bond donors (Lipinski definition) is 3. The molecule has 29 heavy (non-hydrogen) atoms.